The molecule has 0 saturated carbocycles. The van der Waals surface area contributed by atoms with Crippen molar-refractivity contribution in [2.75, 3.05) is 13.7 Å². The second-order valence-corrected chi connectivity index (χ2v) is 7.66. The maximum absolute atomic E-state index is 5.97. The van der Waals surface area contributed by atoms with Gasteiger partial charge in [0, 0.05) is 11.3 Å². The van der Waals surface area contributed by atoms with Gasteiger partial charge < -0.3 is 20.4 Å². The van der Waals surface area contributed by atoms with Crippen molar-refractivity contribution < 1.29 is 9.47 Å². The summed E-state index contributed by atoms with van der Waals surface area (Å²) in [7, 11) is 7.43. The minimum atomic E-state index is 0.503. The molecule has 0 amide bonds. The number of ether oxygens (including phenoxy) is 2. The van der Waals surface area contributed by atoms with Crippen molar-refractivity contribution >= 4 is 19.8 Å². The zero-order valence-corrected chi connectivity index (χ0v) is 19.9. The van der Waals surface area contributed by atoms with Crippen LogP contribution in [0.4, 0.5) is 0 Å². The Balaban J connectivity index is 1.81. The average molecular weight is 451 g/mol. The number of nitrogens with two attached hydrogens (primary N) is 1. The minimum Gasteiger partial charge on any atom is -0.497 e. The van der Waals surface area contributed by atoms with Crippen molar-refractivity contribution in [3.8, 4) is 17.2 Å². The van der Waals surface area contributed by atoms with Gasteiger partial charge in [-0.15, -0.1) is 0 Å². The van der Waals surface area contributed by atoms with Crippen molar-refractivity contribution in [1.29, 1.82) is 0 Å². The normalized spacial score (nSPS) is 15.5. The standard InChI is InChI=1S/C28H30BN3O2/c1-4-5-9-27(32-29)26(16-17-30)28-20(2)18-22(31-28)11-10-21-7-6-8-25(19-21)34-24-14-12-23(33-3)13-15-24/h4-15,18-19,32H,16-17,30H2,1-3H3/b5-4-,11-10+,27-9-,28-26-. The molecule has 0 saturated heterocycles. The molecule has 1 aliphatic heterocycles. The number of aliphatic imine (C=N–C) groups is 1. The third-order valence-corrected chi connectivity index (χ3v) is 5.19. The van der Waals surface area contributed by atoms with E-state index in [1.54, 1.807) is 7.11 Å². The van der Waals surface area contributed by atoms with E-state index in [0.717, 1.165) is 51.1 Å². The Labute approximate surface area is 203 Å². The molecule has 0 atom stereocenters. The number of allylic oxidation sites excluding steroid dienone is 7. The van der Waals surface area contributed by atoms with Crippen LogP contribution in [0.3, 0.4) is 0 Å². The molecule has 172 valence electrons. The summed E-state index contributed by atoms with van der Waals surface area (Å²) in [5, 5.41) is 2.79. The molecule has 5 nitrogen and oxygen atoms in total. The Morgan fingerprint density at radius 3 is 2.53 bits per heavy atom. The highest BCUT2D eigenvalue weighted by Gasteiger charge is 2.16. The maximum Gasteiger partial charge on any atom is 0.222 e. The number of hydrogen-bond acceptors (Lipinski definition) is 5. The molecule has 2 aromatic carbocycles. The molecule has 0 fully saturated rings. The third-order valence-electron chi connectivity index (χ3n) is 5.19. The van der Waals surface area contributed by atoms with Gasteiger partial charge >= 0.3 is 0 Å². The second kappa shape index (κ2) is 12.5. The molecule has 6 heteroatoms. The Morgan fingerprint density at radius 1 is 1.09 bits per heavy atom. The zero-order chi connectivity index (χ0) is 24.3. The van der Waals surface area contributed by atoms with Crippen LogP contribution < -0.4 is 20.4 Å². The quantitative estimate of drug-likeness (QED) is 0.363. The first-order valence-electron chi connectivity index (χ1n) is 11.2. The predicted molar refractivity (Wildman–Crippen MR) is 142 cm³/mol. The Hall–Kier alpha value is -3.77. The summed E-state index contributed by atoms with van der Waals surface area (Å²) in [6.45, 7) is 4.51. The lowest BCUT2D eigenvalue weighted by Gasteiger charge is -2.14. The van der Waals surface area contributed by atoms with Crippen LogP contribution in [0, 0.1) is 0 Å². The number of nitrogens with one attached hydrogen (secondary N) is 1. The SMILES string of the molecule is [B]NC(=C\C=C/C)/C(CCN)=C1N=C(/C=C/c2cccc(Oc3ccc(OC)cc3)c2)C=C\1C. The van der Waals surface area contributed by atoms with Crippen molar-refractivity contribution in [1.82, 2.24) is 5.23 Å². The maximum atomic E-state index is 5.97. The Bertz CT molecular complexity index is 1170. The first-order chi connectivity index (χ1) is 16.6. The smallest absolute Gasteiger partial charge is 0.222 e. The lowest BCUT2D eigenvalue weighted by molar-refractivity contribution is 0.413. The second-order valence-electron chi connectivity index (χ2n) is 7.66. The van der Waals surface area contributed by atoms with Crippen molar-refractivity contribution in [3.63, 3.8) is 0 Å². The predicted octanol–water partition coefficient (Wildman–Crippen LogP) is 5.64. The summed E-state index contributed by atoms with van der Waals surface area (Å²) >= 11 is 0. The molecule has 34 heavy (non-hydrogen) atoms. The van der Waals surface area contributed by atoms with Crippen LogP contribution in [-0.4, -0.2) is 27.3 Å². The van der Waals surface area contributed by atoms with Gasteiger partial charge in [-0.25, -0.2) is 4.99 Å². The summed E-state index contributed by atoms with van der Waals surface area (Å²) in [5.74, 6) is 2.29. The van der Waals surface area contributed by atoms with E-state index >= 15 is 0 Å². The molecule has 3 N–H and O–H groups in total. The average Bonchev–Trinajstić information content (AvgIpc) is 3.23. The van der Waals surface area contributed by atoms with Crippen LogP contribution in [0.2, 0.25) is 0 Å². The highest BCUT2D eigenvalue weighted by Crippen LogP contribution is 2.29. The molecule has 2 radical (unpaired) electrons. The topological polar surface area (TPSA) is 68.9 Å². The largest absolute Gasteiger partial charge is 0.497 e. The molecule has 3 rings (SSSR count). The molecule has 0 spiro atoms. The van der Waals surface area contributed by atoms with Gasteiger partial charge in [-0.2, -0.15) is 0 Å². The molecule has 0 unspecified atom stereocenters. The van der Waals surface area contributed by atoms with E-state index in [-0.39, 0.29) is 0 Å². The van der Waals surface area contributed by atoms with Crippen LogP contribution in [0.5, 0.6) is 17.2 Å². The van der Waals surface area contributed by atoms with Crippen LogP contribution in [0.15, 0.2) is 106 Å². The first kappa shape index (κ1) is 24.9. The number of rotatable bonds is 10. The minimum absolute atomic E-state index is 0.503. The van der Waals surface area contributed by atoms with Crippen LogP contribution >= 0.6 is 0 Å². The van der Waals surface area contributed by atoms with E-state index in [9.17, 15) is 0 Å². The van der Waals surface area contributed by atoms with Crippen molar-refractivity contribution in [2.45, 2.75) is 20.3 Å². The fraction of sp³-hybridized carbons (Fsp3) is 0.179. The van der Waals surface area contributed by atoms with Gasteiger partial charge in [0.25, 0.3) is 0 Å². The van der Waals surface area contributed by atoms with Gasteiger partial charge in [-0.05, 0) is 92.6 Å². The van der Waals surface area contributed by atoms with Gasteiger partial charge in [-0.3, -0.25) is 0 Å². The number of hydrogen-bond donors (Lipinski definition) is 2. The van der Waals surface area contributed by atoms with Gasteiger partial charge in [0.1, 0.15) is 17.2 Å². The third kappa shape index (κ3) is 6.62. The van der Waals surface area contributed by atoms with E-state index in [0.29, 0.717) is 13.0 Å². The molecule has 2 aromatic rings. The number of benzene rings is 2. The summed E-state index contributed by atoms with van der Waals surface area (Å²) in [6.07, 6.45) is 12.6. The van der Waals surface area contributed by atoms with Gasteiger partial charge in [0.05, 0.1) is 18.5 Å². The van der Waals surface area contributed by atoms with Gasteiger partial charge in [0.2, 0.25) is 7.98 Å². The first-order valence-corrected chi connectivity index (χ1v) is 11.2. The van der Waals surface area contributed by atoms with Crippen molar-refractivity contribution in [2.24, 2.45) is 10.7 Å². The molecular weight excluding hydrogens is 421 g/mol. The summed E-state index contributed by atoms with van der Waals surface area (Å²) in [6, 6.07) is 15.4. The highest BCUT2D eigenvalue weighted by molar-refractivity contribution is 6.10. The summed E-state index contributed by atoms with van der Waals surface area (Å²) in [4.78, 5) is 4.84. The fourth-order valence-corrected chi connectivity index (χ4v) is 3.53. The molecule has 0 aromatic heterocycles. The Morgan fingerprint density at radius 2 is 1.85 bits per heavy atom. The van der Waals surface area contributed by atoms with E-state index in [1.165, 1.54) is 0 Å². The summed E-state index contributed by atoms with van der Waals surface area (Å²) in [5.41, 5.74) is 11.5. The molecule has 1 heterocycles. The molecule has 1 aliphatic rings. The van der Waals surface area contributed by atoms with Crippen LogP contribution in [0.1, 0.15) is 25.8 Å². The van der Waals surface area contributed by atoms with E-state index in [2.05, 4.69) is 11.3 Å². The highest BCUT2D eigenvalue weighted by atomic mass is 16.5. The molecular formula is C28H30BN3O2. The van der Waals surface area contributed by atoms with Crippen LogP contribution in [0.25, 0.3) is 6.08 Å². The lowest BCUT2D eigenvalue weighted by Crippen LogP contribution is -2.14. The zero-order valence-electron chi connectivity index (χ0n) is 19.9. The summed E-state index contributed by atoms with van der Waals surface area (Å²) < 4.78 is 11.2. The monoisotopic (exact) mass is 451 g/mol. The van der Waals surface area contributed by atoms with E-state index in [1.807, 2.05) is 92.8 Å². The van der Waals surface area contributed by atoms with Gasteiger partial charge in [-0.1, -0.05) is 30.4 Å². The Kier molecular flexibility index (Phi) is 9.12. The lowest BCUT2D eigenvalue weighted by atomic mass is 10.0. The number of methoxy groups -OCH3 is 1. The number of nitrogens with zero attached hydrogens (tertiary/aromatic N) is 1. The van der Waals surface area contributed by atoms with Gasteiger partial charge in [0.15, 0.2) is 0 Å². The van der Waals surface area contributed by atoms with E-state index < -0.39 is 0 Å². The molecule has 0 aliphatic carbocycles. The fourth-order valence-electron chi connectivity index (χ4n) is 3.53. The van der Waals surface area contributed by atoms with Crippen molar-refractivity contribution in [3.05, 3.63) is 107 Å². The van der Waals surface area contributed by atoms with Crippen LogP contribution in [-0.2, 0) is 0 Å². The molecule has 0 bridgehead atoms. The van der Waals surface area contributed by atoms with E-state index in [4.69, 9.17) is 28.2 Å².